The average molecular weight is 261 g/mol. The van der Waals surface area contributed by atoms with Gasteiger partial charge in [-0.15, -0.1) is 0 Å². The number of ether oxygens (including phenoxy) is 3. The minimum absolute atomic E-state index is 0.147. The highest BCUT2D eigenvalue weighted by molar-refractivity contribution is 4.76. The summed E-state index contributed by atoms with van der Waals surface area (Å²) in [5.41, 5.74) is -0.969. The number of hydrogen-bond donors (Lipinski definition) is 1. The minimum Gasteiger partial charge on any atom is -0.379 e. The van der Waals surface area contributed by atoms with E-state index in [1.54, 1.807) is 7.11 Å². The van der Waals surface area contributed by atoms with Gasteiger partial charge in [0.25, 0.3) is 0 Å². The molecule has 0 fully saturated rings. The molecule has 0 aromatic rings. The molecule has 0 aromatic heterocycles. The van der Waals surface area contributed by atoms with Gasteiger partial charge in [-0.2, -0.15) is 0 Å². The van der Waals surface area contributed by atoms with Crippen molar-refractivity contribution in [3.8, 4) is 0 Å². The van der Waals surface area contributed by atoms with Gasteiger partial charge in [-0.3, -0.25) is 5.32 Å². The summed E-state index contributed by atoms with van der Waals surface area (Å²) in [6.45, 7) is 15.4. The van der Waals surface area contributed by atoms with E-state index in [0.29, 0.717) is 13.2 Å². The van der Waals surface area contributed by atoms with E-state index < -0.39 is 11.4 Å². The molecule has 4 nitrogen and oxygen atoms in total. The predicted octanol–water partition coefficient (Wildman–Crippen LogP) is 2.92. The Hall–Kier alpha value is -0.160. The van der Waals surface area contributed by atoms with E-state index in [1.807, 2.05) is 34.6 Å². The number of nitrogens with one attached hydrogen (secondary N) is 1. The van der Waals surface area contributed by atoms with E-state index in [1.165, 1.54) is 0 Å². The second kappa shape index (κ2) is 6.85. The lowest BCUT2D eigenvalue weighted by molar-refractivity contribution is -0.136. The standard InChI is InChI=1S/C14H31NO3/c1-9-17-13(4,5)15-14(6,7)18-11-10-12(2,3)16-8/h15H,9-11H2,1-8H3. The van der Waals surface area contributed by atoms with E-state index in [-0.39, 0.29) is 5.60 Å². The molecule has 0 rings (SSSR count). The Kier molecular flexibility index (Phi) is 6.79. The summed E-state index contributed by atoms with van der Waals surface area (Å²) in [6.07, 6.45) is 0.851. The van der Waals surface area contributed by atoms with Crippen molar-refractivity contribution in [1.82, 2.24) is 5.32 Å². The Morgan fingerprint density at radius 1 is 0.889 bits per heavy atom. The van der Waals surface area contributed by atoms with Crippen molar-refractivity contribution < 1.29 is 14.2 Å². The van der Waals surface area contributed by atoms with Crippen molar-refractivity contribution in [3.63, 3.8) is 0 Å². The van der Waals surface area contributed by atoms with Crippen LogP contribution < -0.4 is 5.32 Å². The molecule has 18 heavy (non-hydrogen) atoms. The zero-order valence-electron chi connectivity index (χ0n) is 13.3. The molecule has 110 valence electrons. The van der Waals surface area contributed by atoms with Crippen molar-refractivity contribution in [2.24, 2.45) is 0 Å². The average Bonchev–Trinajstić information content (AvgIpc) is 2.14. The van der Waals surface area contributed by atoms with Crippen LogP contribution in [-0.2, 0) is 14.2 Å². The first-order valence-corrected chi connectivity index (χ1v) is 6.66. The Morgan fingerprint density at radius 3 is 1.83 bits per heavy atom. The lowest BCUT2D eigenvalue weighted by atomic mass is 10.1. The highest BCUT2D eigenvalue weighted by atomic mass is 16.5. The van der Waals surface area contributed by atoms with Gasteiger partial charge in [0.05, 0.1) is 12.2 Å². The van der Waals surface area contributed by atoms with E-state index in [2.05, 4.69) is 19.2 Å². The third kappa shape index (κ3) is 8.03. The van der Waals surface area contributed by atoms with Crippen molar-refractivity contribution >= 4 is 0 Å². The normalized spacial score (nSPS) is 14.0. The highest BCUT2D eigenvalue weighted by Gasteiger charge is 2.29. The van der Waals surface area contributed by atoms with E-state index in [9.17, 15) is 0 Å². The monoisotopic (exact) mass is 261 g/mol. The van der Waals surface area contributed by atoms with Crippen molar-refractivity contribution in [2.45, 2.75) is 71.9 Å². The van der Waals surface area contributed by atoms with Crippen LogP contribution in [0.1, 0.15) is 54.9 Å². The second-order valence-corrected chi connectivity index (χ2v) is 6.14. The molecule has 0 heterocycles. The summed E-state index contributed by atoms with van der Waals surface area (Å²) >= 11 is 0. The molecule has 0 radical (unpaired) electrons. The fourth-order valence-corrected chi connectivity index (χ4v) is 1.81. The van der Waals surface area contributed by atoms with Gasteiger partial charge >= 0.3 is 0 Å². The fraction of sp³-hybridized carbons (Fsp3) is 1.00. The van der Waals surface area contributed by atoms with E-state index in [0.717, 1.165) is 6.42 Å². The summed E-state index contributed by atoms with van der Waals surface area (Å²) in [5, 5.41) is 3.35. The van der Waals surface area contributed by atoms with Crippen LogP contribution in [0.5, 0.6) is 0 Å². The van der Waals surface area contributed by atoms with Gasteiger partial charge in [0.2, 0.25) is 0 Å². The van der Waals surface area contributed by atoms with Crippen LogP contribution >= 0.6 is 0 Å². The molecule has 0 saturated heterocycles. The summed E-state index contributed by atoms with van der Waals surface area (Å²) in [6, 6.07) is 0. The smallest absolute Gasteiger partial charge is 0.115 e. The van der Waals surface area contributed by atoms with Crippen LogP contribution in [-0.4, -0.2) is 37.4 Å². The zero-order chi connectivity index (χ0) is 14.4. The molecule has 0 aromatic carbocycles. The summed E-state index contributed by atoms with van der Waals surface area (Å²) in [5.74, 6) is 0. The lowest BCUT2D eigenvalue weighted by Gasteiger charge is -2.37. The highest BCUT2D eigenvalue weighted by Crippen LogP contribution is 2.17. The maximum absolute atomic E-state index is 5.88. The number of methoxy groups -OCH3 is 1. The fourth-order valence-electron chi connectivity index (χ4n) is 1.81. The molecule has 0 unspecified atom stereocenters. The third-order valence-electron chi connectivity index (χ3n) is 2.83. The SMILES string of the molecule is CCOC(C)(C)NC(C)(C)OCCC(C)(C)OC. The van der Waals surface area contributed by atoms with Crippen molar-refractivity contribution in [2.75, 3.05) is 20.3 Å². The molecule has 0 aliphatic rings. The van der Waals surface area contributed by atoms with Crippen LogP contribution in [0.2, 0.25) is 0 Å². The maximum Gasteiger partial charge on any atom is 0.115 e. The molecular weight excluding hydrogens is 230 g/mol. The van der Waals surface area contributed by atoms with E-state index in [4.69, 9.17) is 14.2 Å². The molecule has 0 saturated carbocycles. The number of hydrogen-bond acceptors (Lipinski definition) is 4. The first-order valence-electron chi connectivity index (χ1n) is 6.66. The Labute approximate surface area is 112 Å². The lowest BCUT2D eigenvalue weighted by Crippen LogP contribution is -2.55. The summed E-state index contributed by atoms with van der Waals surface area (Å²) < 4.78 is 16.9. The van der Waals surface area contributed by atoms with Crippen LogP contribution in [0.25, 0.3) is 0 Å². The quantitative estimate of drug-likeness (QED) is 0.648. The molecule has 0 aliphatic carbocycles. The van der Waals surface area contributed by atoms with Gasteiger partial charge in [0, 0.05) is 13.7 Å². The molecule has 1 N–H and O–H groups in total. The molecule has 4 heteroatoms. The molecule has 0 amide bonds. The van der Waals surface area contributed by atoms with Gasteiger partial charge in [-0.1, -0.05) is 0 Å². The van der Waals surface area contributed by atoms with Crippen LogP contribution in [0.3, 0.4) is 0 Å². The Balaban J connectivity index is 4.16. The van der Waals surface area contributed by atoms with Gasteiger partial charge < -0.3 is 14.2 Å². The second-order valence-electron chi connectivity index (χ2n) is 6.14. The maximum atomic E-state index is 5.88. The number of rotatable bonds is 9. The Bertz CT molecular complexity index is 237. The van der Waals surface area contributed by atoms with Crippen LogP contribution in [0.15, 0.2) is 0 Å². The summed E-state index contributed by atoms with van der Waals surface area (Å²) in [4.78, 5) is 0. The van der Waals surface area contributed by atoms with Crippen molar-refractivity contribution in [1.29, 1.82) is 0 Å². The molecular formula is C14H31NO3. The van der Waals surface area contributed by atoms with Gasteiger partial charge in [0.1, 0.15) is 11.4 Å². The first kappa shape index (κ1) is 17.8. The predicted molar refractivity (Wildman–Crippen MR) is 74.6 cm³/mol. The molecule has 0 aliphatic heterocycles. The van der Waals surface area contributed by atoms with Gasteiger partial charge in [0.15, 0.2) is 0 Å². The third-order valence-corrected chi connectivity index (χ3v) is 2.83. The van der Waals surface area contributed by atoms with Gasteiger partial charge in [-0.05, 0) is 54.9 Å². The van der Waals surface area contributed by atoms with E-state index >= 15 is 0 Å². The summed E-state index contributed by atoms with van der Waals surface area (Å²) in [7, 11) is 1.72. The van der Waals surface area contributed by atoms with Crippen molar-refractivity contribution in [3.05, 3.63) is 0 Å². The Morgan fingerprint density at radius 2 is 1.39 bits per heavy atom. The van der Waals surface area contributed by atoms with Crippen LogP contribution in [0.4, 0.5) is 0 Å². The van der Waals surface area contributed by atoms with Crippen LogP contribution in [0, 0.1) is 0 Å². The topological polar surface area (TPSA) is 39.7 Å². The molecule has 0 bridgehead atoms. The zero-order valence-corrected chi connectivity index (χ0v) is 13.3. The molecule has 0 spiro atoms. The minimum atomic E-state index is -0.428. The first-order chi connectivity index (χ1) is 8.04. The molecule has 0 atom stereocenters. The largest absolute Gasteiger partial charge is 0.379 e. The van der Waals surface area contributed by atoms with Gasteiger partial charge in [-0.25, -0.2) is 0 Å².